The molecule has 0 spiro atoms. The number of hydrogen-bond acceptors (Lipinski definition) is 4. The van der Waals surface area contributed by atoms with Gasteiger partial charge in [0.25, 0.3) is 0 Å². The van der Waals surface area contributed by atoms with Crippen molar-refractivity contribution in [1.82, 2.24) is 4.90 Å². The fourth-order valence-electron chi connectivity index (χ4n) is 3.84. The molecule has 1 unspecified atom stereocenters. The van der Waals surface area contributed by atoms with E-state index in [1.54, 1.807) is 24.3 Å². The van der Waals surface area contributed by atoms with Gasteiger partial charge in [-0.15, -0.1) is 0 Å². The second-order valence-electron chi connectivity index (χ2n) is 7.22. The second-order valence-corrected chi connectivity index (χ2v) is 7.22. The maximum atomic E-state index is 13.5. The number of nitrogens with two attached hydrogens (primary N) is 1. The number of halogens is 2. The quantitative estimate of drug-likeness (QED) is 0.839. The molecule has 1 atom stereocenters. The van der Waals surface area contributed by atoms with E-state index in [0.29, 0.717) is 24.4 Å². The van der Waals surface area contributed by atoms with E-state index in [9.17, 15) is 14.0 Å². The normalized spacial score (nSPS) is 21.0. The lowest BCUT2D eigenvalue weighted by molar-refractivity contribution is 0.251. The fraction of sp³-hybridized carbons (Fsp3) is 0.174. The molecule has 2 aliphatic heterocycles. The lowest BCUT2D eigenvalue weighted by Gasteiger charge is -2.36. The molecule has 0 saturated heterocycles. The zero-order chi connectivity index (χ0) is 20.5. The van der Waals surface area contributed by atoms with Crippen molar-refractivity contribution in [2.24, 2.45) is 5.73 Å². The Morgan fingerprint density at radius 1 is 1.07 bits per heavy atom. The van der Waals surface area contributed by atoms with Crippen molar-refractivity contribution >= 4 is 6.08 Å². The Kier molecular flexibility index (Phi) is 4.91. The summed E-state index contributed by atoms with van der Waals surface area (Å²) < 4.78 is 32.6. The molecule has 2 heterocycles. The first kappa shape index (κ1) is 18.9. The number of hydrogen-bond donors (Lipinski definition) is 1. The highest BCUT2D eigenvalue weighted by molar-refractivity contribution is 5.63. The van der Waals surface area contributed by atoms with Crippen LogP contribution in [0.3, 0.4) is 0 Å². The Morgan fingerprint density at radius 3 is 2.31 bits per heavy atom. The van der Waals surface area contributed by atoms with E-state index in [0.717, 1.165) is 22.3 Å². The highest BCUT2D eigenvalue weighted by atomic mass is 19.1. The monoisotopic (exact) mass is 391 g/mol. The molecule has 2 aliphatic rings. The van der Waals surface area contributed by atoms with Gasteiger partial charge in [-0.3, -0.25) is 4.90 Å². The molecule has 4 rings (SSSR count). The SMILES string of the molecule is CN1CC(=Cc2ccc(F)cc2)C2=C(C1)C(c1ccc(F)cc1)C(C#N)=C(N)O2. The first-order valence-electron chi connectivity index (χ1n) is 9.17. The van der Waals surface area contributed by atoms with Crippen LogP contribution in [0, 0.1) is 23.0 Å². The fourth-order valence-corrected chi connectivity index (χ4v) is 3.84. The van der Waals surface area contributed by atoms with Crippen LogP contribution in [-0.4, -0.2) is 25.0 Å². The van der Waals surface area contributed by atoms with E-state index in [4.69, 9.17) is 10.5 Å². The van der Waals surface area contributed by atoms with Crippen LogP contribution in [0.25, 0.3) is 6.08 Å². The van der Waals surface area contributed by atoms with Crippen LogP contribution in [-0.2, 0) is 4.74 Å². The maximum absolute atomic E-state index is 13.5. The molecule has 2 aromatic rings. The Labute approximate surface area is 167 Å². The first-order chi connectivity index (χ1) is 14.0. The number of benzene rings is 2. The van der Waals surface area contributed by atoms with Gasteiger partial charge in [-0.25, -0.2) is 8.78 Å². The van der Waals surface area contributed by atoms with Crippen molar-refractivity contribution in [3.8, 4) is 6.07 Å². The van der Waals surface area contributed by atoms with E-state index in [1.807, 2.05) is 13.1 Å². The summed E-state index contributed by atoms with van der Waals surface area (Å²) in [5, 5.41) is 9.70. The van der Waals surface area contributed by atoms with Crippen molar-refractivity contribution in [3.05, 3.63) is 99.7 Å². The van der Waals surface area contributed by atoms with Crippen LogP contribution in [0.5, 0.6) is 0 Å². The Morgan fingerprint density at radius 2 is 1.69 bits per heavy atom. The lowest BCUT2D eigenvalue weighted by atomic mass is 9.80. The van der Waals surface area contributed by atoms with Gasteiger partial charge in [0.15, 0.2) is 0 Å². The third kappa shape index (κ3) is 3.65. The number of rotatable bonds is 2. The van der Waals surface area contributed by atoms with E-state index in [1.165, 1.54) is 24.3 Å². The molecule has 6 heteroatoms. The molecule has 4 nitrogen and oxygen atoms in total. The number of nitriles is 1. The van der Waals surface area contributed by atoms with Gasteiger partial charge in [0.05, 0.1) is 5.92 Å². The topological polar surface area (TPSA) is 62.3 Å². The maximum Gasteiger partial charge on any atom is 0.205 e. The van der Waals surface area contributed by atoms with Gasteiger partial charge in [0.2, 0.25) is 5.88 Å². The van der Waals surface area contributed by atoms with Gasteiger partial charge in [-0.1, -0.05) is 24.3 Å². The molecule has 0 fully saturated rings. The average molecular weight is 391 g/mol. The van der Waals surface area contributed by atoms with Crippen LogP contribution < -0.4 is 5.73 Å². The van der Waals surface area contributed by atoms with Crippen LogP contribution in [0.1, 0.15) is 17.0 Å². The highest BCUT2D eigenvalue weighted by Crippen LogP contribution is 2.43. The predicted molar refractivity (Wildman–Crippen MR) is 106 cm³/mol. The van der Waals surface area contributed by atoms with E-state index in [-0.39, 0.29) is 17.5 Å². The van der Waals surface area contributed by atoms with E-state index in [2.05, 4.69) is 11.0 Å². The summed E-state index contributed by atoms with van der Waals surface area (Å²) >= 11 is 0. The molecule has 0 saturated carbocycles. The van der Waals surface area contributed by atoms with Crippen molar-refractivity contribution in [2.45, 2.75) is 5.92 Å². The number of likely N-dealkylation sites (N-methyl/N-ethyl adjacent to an activating group) is 1. The molecule has 0 radical (unpaired) electrons. The van der Waals surface area contributed by atoms with E-state index < -0.39 is 5.92 Å². The molecule has 146 valence electrons. The van der Waals surface area contributed by atoms with E-state index >= 15 is 0 Å². The van der Waals surface area contributed by atoms with Crippen molar-refractivity contribution < 1.29 is 13.5 Å². The zero-order valence-corrected chi connectivity index (χ0v) is 15.8. The minimum atomic E-state index is -0.413. The number of nitrogens with zero attached hydrogens (tertiary/aromatic N) is 2. The molecule has 0 aromatic heterocycles. The molecule has 29 heavy (non-hydrogen) atoms. The van der Waals surface area contributed by atoms with Crippen LogP contribution in [0.15, 0.2) is 76.9 Å². The van der Waals surface area contributed by atoms with Crippen LogP contribution in [0.4, 0.5) is 8.78 Å². The third-order valence-electron chi connectivity index (χ3n) is 5.11. The van der Waals surface area contributed by atoms with Gasteiger partial charge in [-0.2, -0.15) is 5.26 Å². The summed E-state index contributed by atoms with van der Waals surface area (Å²) in [4.78, 5) is 2.10. The summed E-state index contributed by atoms with van der Waals surface area (Å²) in [7, 11) is 1.97. The number of allylic oxidation sites excluding steroid dienone is 1. The zero-order valence-electron chi connectivity index (χ0n) is 15.8. The first-order valence-corrected chi connectivity index (χ1v) is 9.17. The predicted octanol–water partition coefficient (Wildman–Crippen LogP) is 4.06. The summed E-state index contributed by atoms with van der Waals surface area (Å²) in [5.74, 6) is -0.385. The van der Waals surface area contributed by atoms with Gasteiger partial charge < -0.3 is 10.5 Å². The third-order valence-corrected chi connectivity index (χ3v) is 5.11. The summed E-state index contributed by atoms with van der Waals surface area (Å²) in [6.07, 6.45) is 1.93. The molecular formula is C23H19F2N3O. The molecular weight excluding hydrogens is 372 g/mol. The largest absolute Gasteiger partial charge is 0.440 e. The van der Waals surface area contributed by atoms with Gasteiger partial charge in [0.1, 0.15) is 29.0 Å². The van der Waals surface area contributed by atoms with Gasteiger partial charge in [0, 0.05) is 18.7 Å². The molecule has 0 aliphatic carbocycles. The Bertz CT molecular complexity index is 1080. The van der Waals surface area contributed by atoms with Crippen molar-refractivity contribution in [1.29, 1.82) is 5.26 Å². The number of ether oxygens (including phenoxy) is 1. The summed E-state index contributed by atoms with van der Waals surface area (Å²) in [5.41, 5.74) is 9.80. The van der Waals surface area contributed by atoms with Crippen molar-refractivity contribution in [3.63, 3.8) is 0 Å². The highest BCUT2D eigenvalue weighted by Gasteiger charge is 2.36. The Balaban J connectivity index is 1.85. The van der Waals surface area contributed by atoms with Crippen molar-refractivity contribution in [2.75, 3.05) is 20.1 Å². The summed E-state index contributed by atoms with van der Waals surface area (Å²) in [6.45, 7) is 1.19. The second kappa shape index (κ2) is 7.53. The summed E-state index contributed by atoms with van der Waals surface area (Å²) in [6, 6.07) is 14.4. The van der Waals surface area contributed by atoms with Crippen LogP contribution >= 0.6 is 0 Å². The molecule has 2 aromatic carbocycles. The smallest absolute Gasteiger partial charge is 0.205 e. The van der Waals surface area contributed by atoms with Gasteiger partial charge in [-0.05, 0) is 54.1 Å². The average Bonchev–Trinajstić information content (AvgIpc) is 2.70. The van der Waals surface area contributed by atoms with Crippen LogP contribution in [0.2, 0.25) is 0 Å². The standard InChI is InChI=1S/C23H19F2N3O/c1-28-12-16(10-14-2-6-17(24)7-3-14)22-20(13-28)21(19(11-26)23(27)29-22)15-4-8-18(25)9-5-15/h2-10,21H,12-13,27H2,1H3. The Hall–Kier alpha value is -3.43. The minimum Gasteiger partial charge on any atom is -0.440 e. The minimum absolute atomic E-state index is 0.0511. The molecule has 0 bridgehead atoms. The van der Waals surface area contributed by atoms with Gasteiger partial charge >= 0.3 is 0 Å². The molecule has 0 amide bonds. The molecule has 2 N–H and O–H groups in total. The lowest BCUT2D eigenvalue weighted by Crippen LogP contribution is -2.35.